The van der Waals surface area contributed by atoms with E-state index in [1.54, 1.807) is 0 Å². The maximum absolute atomic E-state index is 12.7. The van der Waals surface area contributed by atoms with Gasteiger partial charge in [0.05, 0.1) is 5.94 Å². The molecule has 0 aromatic heterocycles. The molecule has 1 fully saturated rings. The smallest absolute Gasteiger partial charge is 0.426 e. The summed E-state index contributed by atoms with van der Waals surface area (Å²) in [5.74, 6) is -1.48. The Bertz CT molecular complexity index is 678. The summed E-state index contributed by atoms with van der Waals surface area (Å²) in [7, 11) is -1.69. The van der Waals surface area contributed by atoms with Crippen LogP contribution in [0.1, 0.15) is 36.0 Å². The van der Waals surface area contributed by atoms with Gasteiger partial charge in [-0.25, -0.2) is 0 Å². The van der Waals surface area contributed by atoms with E-state index in [2.05, 4.69) is 11.9 Å². The summed E-state index contributed by atoms with van der Waals surface area (Å²) in [6.45, 7) is 7.94. The van der Waals surface area contributed by atoms with Gasteiger partial charge in [-0.05, 0) is 56.7 Å². The average Bonchev–Trinajstić information content (AvgIpc) is 2.62. The third-order valence-electron chi connectivity index (χ3n) is 4.89. The molecule has 1 heterocycles. The molecule has 6 nitrogen and oxygen atoms in total. The fraction of sp³-hybridized carbons (Fsp3) is 0.474. The quantitative estimate of drug-likeness (QED) is 0.521. The SMILES string of the molecule is C=CC(=O)N1CCCC[C@@H]1C(=O)NC(Cc1ccc(C)cc1C)B(O)O. The van der Waals surface area contributed by atoms with Gasteiger partial charge in [-0.2, -0.15) is 0 Å². The monoisotopic (exact) mass is 358 g/mol. The van der Waals surface area contributed by atoms with E-state index >= 15 is 0 Å². The Morgan fingerprint density at radius 3 is 2.73 bits per heavy atom. The number of benzene rings is 1. The van der Waals surface area contributed by atoms with E-state index in [0.717, 1.165) is 29.5 Å². The minimum absolute atomic E-state index is 0.277. The molecule has 1 aromatic rings. The lowest BCUT2D eigenvalue weighted by Gasteiger charge is -2.35. The van der Waals surface area contributed by atoms with Crippen LogP contribution in [0, 0.1) is 13.8 Å². The Hall–Kier alpha value is -2.12. The summed E-state index contributed by atoms with van der Waals surface area (Å²) in [5.41, 5.74) is 3.10. The lowest BCUT2D eigenvalue weighted by atomic mass is 9.75. The predicted molar refractivity (Wildman–Crippen MR) is 101 cm³/mol. The molecule has 0 saturated carbocycles. The maximum Gasteiger partial charge on any atom is 0.475 e. The van der Waals surface area contributed by atoms with Crippen molar-refractivity contribution in [2.24, 2.45) is 0 Å². The molecule has 1 unspecified atom stereocenters. The molecule has 2 atom stereocenters. The number of nitrogens with zero attached hydrogens (tertiary/aromatic N) is 1. The molecule has 0 radical (unpaired) electrons. The van der Waals surface area contributed by atoms with Crippen molar-refractivity contribution in [3.63, 3.8) is 0 Å². The molecular weight excluding hydrogens is 331 g/mol. The molecule has 1 aliphatic rings. The van der Waals surface area contributed by atoms with Gasteiger partial charge in [-0.3, -0.25) is 9.59 Å². The molecule has 3 N–H and O–H groups in total. The van der Waals surface area contributed by atoms with E-state index < -0.39 is 19.1 Å². The van der Waals surface area contributed by atoms with Crippen LogP contribution >= 0.6 is 0 Å². The summed E-state index contributed by atoms with van der Waals surface area (Å²) < 4.78 is 0. The first-order chi connectivity index (χ1) is 12.3. The number of hydrogen-bond donors (Lipinski definition) is 3. The molecule has 1 saturated heterocycles. The number of piperidine rings is 1. The van der Waals surface area contributed by atoms with Gasteiger partial charge in [0.2, 0.25) is 11.8 Å². The standard InChI is InChI=1S/C19H27BN2O4/c1-4-18(23)22-10-6-5-7-16(22)19(24)21-17(20(25)26)12-15-9-8-13(2)11-14(15)3/h4,8-9,11,16-17,25-26H,1,5-7,10,12H2,2-3H3,(H,21,24)/t16-,17?/m1/s1. The Kier molecular flexibility index (Phi) is 7.00. The minimum atomic E-state index is -1.69. The van der Waals surface area contributed by atoms with Gasteiger partial charge in [0.1, 0.15) is 6.04 Å². The van der Waals surface area contributed by atoms with Gasteiger partial charge in [0.25, 0.3) is 0 Å². The molecule has 1 aliphatic heterocycles. The molecule has 2 amide bonds. The fourth-order valence-electron chi connectivity index (χ4n) is 3.41. The Labute approximate surface area is 155 Å². The van der Waals surface area contributed by atoms with Gasteiger partial charge in [0, 0.05) is 6.54 Å². The second kappa shape index (κ2) is 9.01. The summed E-state index contributed by atoms with van der Waals surface area (Å²) in [4.78, 5) is 26.2. The highest BCUT2D eigenvalue weighted by Crippen LogP contribution is 2.19. The topological polar surface area (TPSA) is 89.9 Å². The molecule has 26 heavy (non-hydrogen) atoms. The molecule has 7 heteroatoms. The summed E-state index contributed by atoms with van der Waals surface area (Å²) >= 11 is 0. The van der Waals surface area contributed by atoms with E-state index in [4.69, 9.17) is 0 Å². The first kappa shape index (κ1) is 20.2. The highest BCUT2D eigenvalue weighted by molar-refractivity contribution is 6.43. The van der Waals surface area contributed by atoms with Crippen molar-refractivity contribution in [2.45, 2.75) is 51.5 Å². The van der Waals surface area contributed by atoms with Crippen LogP contribution in [0.5, 0.6) is 0 Å². The van der Waals surface area contributed by atoms with Crippen molar-refractivity contribution in [3.8, 4) is 0 Å². The van der Waals surface area contributed by atoms with E-state index in [1.165, 1.54) is 11.0 Å². The zero-order chi connectivity index (χ0) is 19.3. The molecule has 140 valence electrons. The first-order valence-corrected chi connectivity index (χ1v) is 8.99. The van der Waals surface area contributed by atoms with Crippen molar-refractivity contribution in [3.05, 3.63) is 47.5 Å². The summed E-state index contributed by atoms with van der Waals surface area (Å²) in [6.07, 6.45) is 3.76. The fourth-order valence-corrected chi connectivity index (χ4v) is 3.41. The third kappa shape index (κ3) is 4.96. The number of carbonyl (C=O) groups is 2. The van der Waals surface area contributed by atoms with E-state index in [0.29, 0.717) is 19.4 Å². The van der Waals surface area contributed by atoms with Gasteiger partial charge in [-0.15, -0.1) is 0 Å². The minimum Gasteiger partial charge on any atom is -0.426 e. The number of likely N-dealkylation sites (tertiary alicyclic amines) is 1. The number of carbonyl (C=O) groups excluding carboxylic acids is 2. The lowest BCUT2D eigenvalue weighted by Crippen LogP contribution is -2.56. The summed E-state index contributed by atoms with van der Waals surface area (Å²) in [6, 6.07) is 5.30. The van der Waals surface area contributed by atoms with Crippen molar-refractivity contribution in [1.82, 2.24) is 10.2 Å². The first-order valence-electron chi connectivity index (χ1n) is 8.99. The average molecular weight is 358 g/mol. The second-order valence-corrected chi connectivity index (χ2v) is 6.91. The van der Waals surface area contributed by atoms with Gasteiger partial charge < -0.3 is 20.3 Å². The van der Waals surface area contributed by atoms with Crippen LogP contribution in [0.25, 0.3) is 0 Å². The van der Waals surface area contributed by atoms with E-state index in [9.17, 15) is 19.6 Å². The van der Waals surface area contributed by atoms with Gasteiger partial charge in [-0.1, -0.05) is 30.3 Å². The van der Waals surface area contributed by atoms with Crippen LogP contribution in [-0.4, -0.2) is 52.4 Å². The predicted octanol–water partition coefficient (Wildman–Crippen LogP) is 0.910. The summed E-state index contributed by atoms with van der Waals surface area (Å²) in [5, 5.41) is 22.2. The zero-order valence-corrected chi connectivity index (χ0v) is 15.4. The molecule has 2 rings (SSSR count). The van der Waals surface area contributed by atoms with Crippen LogP contribution < -0.4 is 5.32 Å². The molecule has 1 aromatic carbocycles. The van der Waals surface area contributed by atoms with Gasteiger partial charge >= 0.3 is 7.12 Å². The van der Waals surface area contributed by atoms with Crippen molar-refractivity contribution in [1.29, 1.82) is 0 Å². The second-order valence-electron chi connectivity index (χ2n) is 6.91. The largest absolute Gasteiger partial charge is 0.475 e. The number of nitrogens with one attached hydrogen (secondary N) is 1. The van der Waals surface area contributed by atoms with Crippen LogP contribution in [0.15, 0.2) is 30.9 Å². The van der Waals surface area contributed by atoms with E-state index in [-0.39, 0.29) is 11.8 Å². The normalized spacial score (nSPS) is 18.2. The van der Waals surface area contributed by atoms with E-state index in [1.807, 2.05) is 32.0 Å². The maximum atomic E-state index is 12.7. The lowest BCUT2D eigenvalue weighted by molar-refractivity contribution is -0.139. The molecule has 0 bridgehead atoms. The highest BCUT2D eigenvalue weighted by Gasteiger charge is 2.34. The molecule has 0 spiro atoms. The highest BCUT2D eigenvalue weighted by atomic mass is 16.4. The van der Waals surface area contributed by atoms with Crippen LogP contribution in [0.2, 0.25) is 0 Å². The zero-order valence-electron chi connectivity index (χ0n) is 15.4. The number of rotatable bonds is 6. The van der Waals surface area contributed by atoms with Gasteiger partial charge in [0.15, 0.2) is 0 Å². The Morgan fingerprint density at radius 1 is 1.38 bits per heavy atom. The molecule has 0 aliphatic carbocycles. The molecular formula is C19H27BN2O4. The van der Waals surface area contributed by atoms with Crippen molar-refractivity contribution in [2.75, 3.05) is 6.54 Å². The Balaban J connectivity index is 2.11. The van der Waals surface area contributed by atoms with Crippen molar-refractivity contribution < 1.29 is 19.6 Å². The third-order valence-corrected chi connectivity index (χ3v) is 4.89. The van der Waals surface area contributed by atoms with Crippen LogP contribution in [0.3, 0.4) is 0 Å². The van der Waals surface area contributed by atoms with Crippen LogP contribution in [-0.2, 0) is 16.0 Å². The number of amides is 2. The van der Waals surface area contributed by atoms with Crippen LogP contribution in [0.4, 0.5) is 0 Å². The number of hydrogen-bond acceptors (Lipinski definition) is 4. The number of aryl methyl sites for hydroxylation is 2. The Morgan fingerprint density at radius 2 is 2.12 bits per heavy atom. The van der Waals surface area contributed by atoms with Crippen molar-refractivity contribution >= 4 is 18.9 Å².